The number of nitrogens with zero attached hydrogens (tertiary/aromatic N) is 4. The maximum atomic E-state index is 5.26. The SMILES string of the molecule is c1ccc(-c2ccc(-c3nc(-c4ccc5c(c4)-c4ccncc4C54C5CC6CC7CC4C7(C6)C5)nc(-c4cccc5ccccc45)n3)cc2)cc1. The minimum absolute atomic E-state index is 0.0992. The molecular formula is C47H36N4. The van der Waals surface area contributed by atoms with Gasteiger partial charge in [0.15, 0.2) is 17.5 Å². The van der Waals surface area contributed by atoms with Crippen molar-refractivity contribution in [3.63, 3.8) is 0 Å². The fourth-order valence-electron chi connectivity index (χ4n) is 12.1. The Balaban J connectivity index is 1.03. The zero-order valence-electron chi connectivity index (χ0n) is 28.3. The van der Waals surface area contributed by atoms with Gasteiger partial charge in [0.1, 0.15) is 0 Å². The van der Waals surface area contributed by atoms with E-state index >= 15 is 0 Å². The number of aromatic nitrogens is 4. The first-order valence-corrected chi connectivity index (χ1v) is 18.7. The third-order valence-corrected chi connectivity index (χ3v) is 13.9. The Bertz CT molecular complexity index is 2550. The number of pyridine rings is 1. The molecule has 6 unspecified atom stereocenters. The molecule has 5 aromatic carbocycles. The van der Waals surface area contributed by atoms with Gasteiger partial charge in [-0.25, -0.2) is 15.0 Å². The van der Waals surface area contributed by atoms with E-state index in [2.05, 4.69) is 128 Å². The van der Waals surface area contributed by atoms with Gasteiger partial charge in [-0.05, 0) is 117 Å². The number of fused-ring (bicyclic) bond motifs is 10. The van der Waals surface area contributed by atoms with Gasteiger partial charge in [-0.1, -0.05) is 109 Å². The quantitative estimate of drug-likeness (QED) is 0.189. The first-order valence-electron chi connectivity index (χ1n) is 18.7. The van der Waals surface area contributed by atoms with Gasteiger partial charge >= 0.3 is 0 Å². The number of hydrogen-bond donors (Lipinski definition) is 0. The van der Waals surface area contributed by atoms with Gasteiger partial charge < -0.3 is 0 Å². The summed E-state index contributed by atoms with van der Waals surface area (Å²) in [5, 5.41) is 2.31. The van der Waals surface area contributed by atoms with Crippen LogP contribution >= 0.6 is 0 Å². The van der Waals surface area contributed by atoms with E-state index in [1.165, 1.54) is 70.9 Å². The summed E-state index contributed by atoms with van der Waals surface area (Å²) in [7, 11) is 0. The van der Waals surface area contributed by atoms with Gasteiger partial charge in [0.05, 0.1) is 0 Å². The molecule has 0 amide bonds. The molecule has 4 nitrogen and oxygen atoms in total. The van der Waals surface area contributed by atoms with Crippen LogP contribution < -0.4 is 0 Å². The Kier molecular flexibility index (Phi) is 5.57. The van der Waals surface area contributed by atoms with Crippen LogP contribution in [-0.2, 0) is 5.41 Å². The summed E-state index contributed by atoms with van der Waals surface area (Å²) in [6, 6.07) is 43.4. The van der Waals surface area contributed by atoms with Gasteiger partial charge in [-0.15, -0.1) is 0 Å². The molecule has 0 radical (unpaired) electrons. The third-order valence-electron chi connectivity index (χ3n) is 13.9. The van der Waals surface area contributed by atoms with Crippen LogP contribution in [0.5, 0.6) is 0 Å². The minimum Gasteiger partial charge on any atom is -0.264 e. The normalized spacial score (nSPS) is 27.4. The monoisotopic (exact) mass is 656 g/mol. The molecule has 2 heterocycles. The summed E-state index contributed by atoms with van der Waals surface area (Å²) in [5.41, 5.74) is 11.8. The lowest BCUT2D eigenvalue weighted by molar-refractivity contribution is -0.0194. The first kappa shape index (κ1) is 28.2. The van der Waals surface area contributed by atoms with E-state index < -0.39 is 0 Å². The van der Waals surface area contributed by atoms with Crippen LogP contribution in [-0.4, -0.2) is 19.9 Å². The van der Waals surface area contributed by atoms with Crippen molar-refractivity contribution >= 4 is 10.8 Å². The van der Waals surface area contributed by atoms with Crippen molar-refractivity contribution in [2.45, 2.75) is 37.5 Å². The molecule has 0 saturated heterocycles. The van der Waals surface area contributed by atoms with E-state index in [0.717, 1.165) is 39.8 Å². The van der Waals surface area contributed by atoms with E-state index in [1.54, 1.807) is 0 Å². The highest BCUT2D eigenvalue weighted by molar-refractivity contribution is 5.95. The van der Waals surface area contributed by atoms with Crippen LogP contribution in [0.2, 0.25) is 0 Å². The Labute approximate surface area is 297 Å². The van der Waals surface area contributed by atoms with Crippen molar-refractivity contribution in [3.05, 3.63) is 145 Å². The molecule has 2 spiro atoms. The van der Waals surface area contributed by atoms with Crippen molar-refractivity contribution in [2.24, 2.45) is 29.1 Å². The van der Waals surface area contributed by atoms with Crippen molar-refractivity contribution in [2.75, 3.05) is 0 Å². The molecule has 5 aliphatic rings. The molecule has 4 fully saturated rings. The van der Waals surface area contributed by atoms with Crippen LogP contribution in [0.25, 0.3) is 67.2 Å². The average Bonchev–Trinajstić information content (AvgIpc) is 3.65. The average molecular weight is 657 g/mol. The van der Waals surface area contributed by atoms with Gasteiger partial charge in [0.25, 0.3) is 0 Å². The van der Waals surface area contributed by atoms with E-state index in [4.69, 9.17) is 19.9 Å². The topological polar surface area (TPSA) is 51.6 Å². The molecule has 3 bridgehead atoms. The molecule has 4 heteroatoms. The van der Waals surface area contributed by atoms with Crippen molar-refractivity contribution in [3.8, 4) is 56.4 Å². The van der Waals surface area contributed by atoms with E-state index in [1.807, 2.05) is 6.20 Å². The van der Waals surface area contributed by atoms with Crippen molar-refractivity contribution in [1.29, 1.82) is 0 Å². The van der Waals surface area contributed by atoms with Gasteiger partial charge in [0.2, 0.25) is 0 Å². The standard InChI is InChI=1S/C47H36N4/c1-2-7-29(8-3-1)30-13-15-32(16-14-30)43-49-44(51-45(50-43)38-12-6-10-31-9-4-5-11-36(31)38)33-17-18-40-39(23-33)37-19-20-48-27-41(37)47(40)35-22-28-21-34-24-42(47)46(34,25-28)26-35/h1-20,23,27-28,34-35,42H,21-22,24-26H2. The fraction of sp³-hybridized carbons (Fsp3) is 0.234. The predicted molar refractivity (Wildman–Crippen MR) is 203 cm³/mol. The third kappa shape index (κ3) is 3.70. The molecule has 6 atom stereocenters. The molecule has 2 aromatic heterocycles. The smallest absolute Gasteiger partial charge is 0.164 e. The second-order valence-corrected chi connectivity index (χ2v) is 16.0. The summed E-state index contributed by atoms with van der Waals surface area (Å²) >= 11 is 0. The second-order valence-electron chi connectivity index (χ2n) is 16.0. The van der Waals surface area contributed by atoms with Crippen LogP contribution in [0.4, 0.5) is 0 Å². The van der Waals surface area contributed by atoms with Crippen LogP contribution in [0, 0.1) is 29.1 Å². The van der Waals surface area contributed by atoms with Gasteiger partial charge in [0, 0.05) is 34.5 Å². The molecule has 4 saturated carbocycles. The second kappa shape index (κ2) is 10.1. The summed E-state index contributed by atoms with van der Waals surface area (Å²) in [6.45, 7) is 0. The van der Waals surface area contributed by atoms with Crippen LogP contribution in [0.15, 0.2) is 134 Å². The van der Waals surface area contributed by atoms with Gasteiger partial charge in [-0.3, -0.25) is 4.98 Å². The van der Waals surface area contributed by atoms with Crippen molar-refractivity contribution < 1.29 is 0 Å². The zero-order valence-corrected chi connectivity index (χ0v) is 28.3. The predicted octanol–water partition coefficient (Wildman–Crippen LogP) is 10.8. The van der Waals surface area contributed by atoms with Gasteiger partial charge in [-0.2, -0.15) is 0 Å². The molecule has 244 valence electrons. The molecule has 51 heavy (non-hydrogen) atoms. The van der Waals surface area contributed by atoms with Crippen LogP contribution in [0.3, 0.4) is 0 Å². The van der Waals surface area contributed by atoms with Crippen LogP contribution in [0.1, 0.15) is 43.2 Å². The lowest BCUT2D eigenvalue weighted by Crippen LogP contribution is -2.50. The molecule has 0 N–H and O–H groups in total. The summed E-state index contributed by atoms with van der Waals surface area (Å²) in [4.78, 5) is 20.4. The largest absolute Gasteiger partial charge is 0.264 e. The molecular weight excluding hydrogens is 621 g/mol. The molecule has 5 aliphatic carbocycles. The Morgan fingerprint density at radius 2 is 1.24 bits per heavy atom. The summed E-state index contributed by atoms with van der Waals surface area (Å²) in [5.74, 6) is 5.40. The highest BCUT2D eigenvalue weighted by atomic mass is 15.0. The van der Waals surface area contributed by atoms with Crippen molar-refractivity contribution in [1.82, 2.24) is 19.9 Å². The lowest BCUT2D eigenvalue weighted by Gasteiger charge is -2.54. The summed E-state index contributed by atoms with van der Waals surface area (Å²) in [6.07, 6.45) is 11.3. The van der Waals surface area contributed by atoms with E-state index in [-0.39, 0.29) is 5.41 Å². The summed E-state index contributed by atoms with van der Waals surface area (Å²) < 4.78 is 0. The minimum atomic E-state index is 0.0992. The first-order chi connectivity index (χ1) is 25.2. The molecule has 12 rings (SSSR count). The highest BCUT2D eigenvalue weighted by Crippen LogP contribution is 2.83. The Morgan fingerprint density at radius 3 is 2.14 bits per heavy atom. The van der Waals surface area contributed by atoms with E-state index in [0.29, 0.717) is 28.8 Å². The molecule has 7 aromatic rings. The number of rotatable bonds is 4. The Hall–Kier alpha value is -5.48. The Morgan fingerprint density at radius 1 is 0.510 bits per heavy atom. The zero-order chi connectivity index (χ0) is 33.3. The number of benzene rings is 5. The maximum absolute atomic E-state index is 5.26. The molecule has 0 aliphatic heterocycles. The fourth-order valence-corrected chi connectivity index (χ4v) is 12.1. The number of hydrogen-bond acceptors (Lipinski definition) is 4. The lowest BCUT2D eigenvalue weighted by atomic mass is 9.49. The van der Waals surface area contributed by atoms with E-state index in [9.17, 15) is 0 Å². The maximum Gasteiger partial charge on any atom is 0.164 e. The highest BCUT2D eigenvalue weighted by Gasteiger charge is 2.76.